The highest BCUT2D eigenvalue weighted by Crippen LogP contribution is 2.32. The second kappa shape index (κ2) is 5.68. The van der Waals surface area contributed by atoms with Gasteiger partial charge in [0.05, 0.1) is 6.07 Å². The smallest absolute Gasteiger partial charge is 0.311 e. The van der Waals surface area contributed by atoms with Crippen LogP contribution in [-0.4, -0.2) is 42.3 Å². The number of hydrogen-bond acceptors (Lipinski definition) is 3. The summed E-state index contributed by atoms with van der Waals surface area (Å²) in [5.41, 5.74) is 0. The van der Waals surface area contributed by atoms with Crippen LogP contribution in [-0.2, 0) is 0 Å². The van der Waals surface area contributed by atoms with Crippen LogP contribution in [0.3, 0.4) is 0 Å². The third-order valence-electron chi connectivity index (χ3n) is 4.34. The van der Waals surface area contributed by atoms with E-state index in [-0.39, 0.29) is 12.6 Å². The van der Waals surface area contributed by atoms with Crippen molar-refractivity contribution in [1.82, 2.24) is 10.2 Å². The Balaban J connectivity index is 1.98. The molecule has 19 heavy (non-hydrogen) atoms. The molecule has 1 N–H and O–H groups in total. The van der Waals surface area contributed by atoms with E-state index in [1.165, 1.54) is 6.07 Å². The van der Waals surface area contributed by atoms with Crippen LogP contribution >= 0.6 is 0 Å². The number of nitriles is 1. The van der Waals surface area contributed by atoms with Gasteiger partial charge in [-0.2, -0.15) is 18.4 Å². The first-order valence-electron chi connectivity index (χ1n) is 6.90. The number of nitrogens with one attached hydrogen (secondary N) is 1. The highest BCUT2D eigenvalue weighted by atomic mass is 19.4. The molecule has 0 aromatic carbocycles. The first-order valence-corrected chi connectivity index (χ1v) is 6.90. The maximum Gasteiger partial charge on any atom is 0.405 e. The van der Waals surface area contributed by atoms with Gasteiger partial charge in [-0.1, -0.05) is 6.92 Å². The third-order valence-corrected chi connectivity index (χ3v) is 4.34. The monoisotopic (exact) mass is 275 g/mol. The first-order chi connectivity index (χ1) is 8.94. The van der Waals surface area contributed by atoms with E-state index in [1.54, 1.807) is 0 Å². The lowest BCUT2D eigenvalue weighted by Crippen LogP contribution is -2.50. The molecule has 0 spiro atoms. The standard InChI is InChI=1S/C13H20F3N3/c1-2-19(8-9(7-17)13(14,15)16)12-5-10-3-4-11(6-12)18-10/h9-12,18H,2-6,8H2,1H3. The van der Waals surface area contributed by atoms with Gasteiger partial charge >= 0.3 is 6.18 Å². The molecule has 108 valence electrons. The summed E-state index contributed by atoms with van der Waals surface area (Å²) in [7, 11) is 0. The molecule has 2 fully saturated rings. The van der Waals surface area contributed by atoms with E-state index in [0.29, 0.717) is 18.6 Å². The molecule has 2 rings (SSSR count). The summed E-state index contributed by atoms with van der Waals surface area (Å²) < 4.78 is 38.1. The number of alkyl halides is 3. The van der Waals surface area contributed by atoms with Crippen molar-refractivity contribution in [1.29, 1.82) is 5.26 Å². The SMILES string of the molecule is CCN(CC(C#N)C(F)(F)F)C1CC2CCC(C1)N2. The summed E-state index contributed by atoms with van der Waals surface area (Å²) in [6.45, 7) is 2.24. The number of halogens is 3. The lowest BCUT2D eigenvalue weighted by molar-refractivity contribution is -0.164. The number of rotatable bonds is 4. The first kappa shape index (κ1) is 14.6. The number of fused-ring (bicyclic) bond motifs is 2. The largest absolute Gasteiger partial charge is 0.405 e. The minimum absolute atomic E-state index is 0.182. The molecule has 0 aliphatic carbocycles. The van der Waals surface area contributed by atoms with Gasteiger partial charge in [-0.3, -0.25) is 4.90 Å². The van der Waals surface area contributed by atoms with Gasteiger partial charge in [0.25, 0.3) is 0 Å². The quantitative estimate of drug-likeness (QED) is 0.855. The molecule has 0 aromatic heterocycles. The predicted molar refractivity (Wildman–Crippen MR) is 65.4 cm³/mol. The predicted octanol–water partition coefficient (Wildman–Crippen LogP) is 2.29. The zero-order valence-corrected chi connectivity index (χ0v) is 11.1. The van der Waals surface area contributed by atoms with E-state index < -0.39 is 12.1 Å². The van der Waals surface area contributed by atoms with E-state index in [0.717, 1.165) is 25.7 Å². The minimum Gasteiger partial charge on any atom is -0.311 e. The third kappa shape index (κ3) is 3.40. The lowest BCUT2D eigenvalue weighted by Gasteiger charge is -2.38. The van der Waals surface area contributed by atoms with E-state index >= 15 is 0 Å². The Morgan fingerprint density at radius 1 is 1.32 bits per heavy atom. The fourth-order valence-electron chi connectivity index (χ4n) is 3.31. The van der Waals surface area contributed by atoms with Gasteiger partial charge in [-0.15, -0.1) is 0 Å². The van der Waals surface area contributed by atoms with Gasteiger partial charge in [-0.25, -0.2) is 0 Å². The summed E-state index contributed by atoms with van der Waals surface area (Å²) in [6.07, 6.45) is -0.367. The van der Waals surface area contributed by atoms with Gasteiger partial charge in [-0.05, 0) is 32.2 Å². The van der Waals surface area contributed by atoms with Crippen LogP contribution < -0.4 is 5.32 Å². The average Bonchev–Trinajstić information content (AvgIpc) is 2.68. The summed E-state index contributed by atoms with van der Waals surface area (Å²) in [6, 6.07) is 2.48. The van der Waals surface area contributed by atoms with Gasteiger partial charge in [0.2, 0.25) is 0 Å². The highest BCUT2D eigenvalue weighted by molar-refractivity contribution is 4.98. The van der Waals surface area contributed by atoms with Crippen molar-refractivity contribution >= 4 is 0 Å². The van der Waals surface area contributed by atoms with Crippen LogP contribution in [0.1, 0.15) is 32.6 Å². The molecule has 2 heterocycles. The average molecular weight is 275 g/mol. The Bertz CT molecular complexity index is 338. The van der Waals surface area contributed by atoms with Crippen molar-refractivity contribution in [2.75, 3.05) is 13.1 Å². The number of piperidine rings is 1. The fraction of sp³-hybridized carbons (Fsp3) is 0.923. The number of hydrogen-bond donors (Lipinski definition) is 1. The minimum atomic E-state index is -4.42. The molecule has 2 aliphatic heterocycles. The molecule has 2 saturated heterocycles. The maximum absolute atomic E-state index is 12.7. The summed E-state index contributed by atoms with van der Waals surface area (Å²) in [5.74, 6) is -1.88. The summed E-state index contributed by atoms with van der Waals surface area (Å²) in [5, 5.41) is 12.2. The zero-order chi connectivity index (χ0) is 14.0. The molecule has 3 nitrogen and oxygen atoms in total. The summed E-state index contributed by atoms with van der Waals surface area (Å²) in [4.78, 5) is 1.84. The zero-order valence-electron chi connectivity index (χ0n) is 11.1. The Morgan fingerprint density at radius 3 is 2.32 bits per heavy atom. The van der Waals surface area contributed by atoms with Crippen molar-refractivity contribution in [3.05, 3.63) is 0 Å². The van der Waals surface area contributed by atoms with Crippen LogP contribution in [0.4, 0.5) is 13.2 Å². The van der Waals surface area contributed by atoms with E-state index in [4.69, 9.17) is 5.26 Å². The van der Waals surface area contributed by atoms with Crippen molar-refractivity contribution in [2.24, 2.45) is 5.92 Å². The van der Waals surface area contributed by atoms with Crippen LogP contribution in [0.2, 0.25) is 0 Å². The van der Waals surface area contributed by atoms with E-state index in [1.807, 2.05) is 11.8 Å². The van der Waals surface area contributed by atoms with Crippen molar-refractivity contribution in [3.63, 3.8) is 0 Å². The highest BCUT2D eigenvalue weighted by Gasteiger charge is 2.43. The molecule has 2 aliphatic rings. The molecule has 2 bridgehead atoms. The molecular formula is C13H20F3N3. The Hall–Kier alpha value is -0.800. The molecule has 0 aromatic rings. The topological polar surface area (TPSA) is 39.1 Å². The molecule has 0 amide bonds. The van der Waals surface area contributed by atoms with Gasteiger partial charge < -0.3 is 5.32 Å². The van der Waals surface area contributed by atoms with Crippen LogP contribution in [0.15, 0.2) is 0 Å². The van der Waals surface area contributed by atoms with Gasteiger partial charge in [0.15, 0.2) is 5.92 Å². The second-order valence-electron chi connectivity index (χ2n) is 5.57. The van der Waals surface area contributed by atoms with Crippen LogP contribution in [0.5, 0.6) is 0 Å². The van der Waals surface area contributed by atoms with Crippen LogP contribution in [0.25, 0.3) is 0 Å². The van der Waals surface area contributed by atoms with Crippen molar-refractivity contribution in [3.8, 4) is 6.07 Å². The van der Waals surface area contributed by atoms with Crippen molar-refractivity contribution < 1.29 is 13.2 Å². The Morgan fingerprint density at radius 2 is 1.89 bits per heavy atom. The maximum atomic E-state index is 12.7. The normalized spacial score (nSPS) is 32.3. The molecule has 3 atom stereocenters. The van der Waals surface area contributed by atoms with Crippen LogP contribution in [0, 0.1) is 17.2 Å². The Kier molecular flexibility index (Phi) is 4.36. The second-order valence-corrected chi connectivity index (χ2v) is 5.57. The molecule has 0 saturated carbocycles. The Labute approximate surface area is 111 Å². The van der Waals surface area contributed by atoms with E-state index in [2.05, 4.69) is 5.32 Å². The molecular weight excluding hydrogens is 255 g/mol. The van der Waals surface area contributed by atoms with Gasteiger partial charge in [0, 0.05) is 24.7 Å². The number of nitrogens with zero attached hydrogens (tertiary/aromatic N) is 2. The fourth-order valence-corrected chi connectivity index (χ4v) is 3.31. The summed E-state index contributed by atoms with van der Waals surface area (Å²) >= 11 is 0. The molecule has 3 unspecified atom stereocenters. The molecule has 0 radical (unpaired) electrons. The van der Waals surface area contributed by atoms with E-state index in [9.17, 15) is 13.2 Å². The molecule has 6 heteroatoms. The van der Waals surface area contributed by atoms with Crippen molar-refractivity contribution in [2.45, 2.75) is 56.9 Å². The lowest BCUT2D eigenvalue weighted by atomic mass is 9.97. The van der Waals surface area contributed by atoms with Gasteiger partial charge in [0.1, 0.15) is 0 Å².